The zero-order chi connectivity index (χ0) is 10.1. The molecular formula is C12H20O2. The largest absolute Gasteiger partial charge is 0.396 e. The molecule has 14 heavy (non-hydrogen) atoms. The number of rotatable bonds is 2. The first-order valence-electron chi connectivity index (χ1n) is 5.65. The molecule has 0 aromatic carbocycles. The summed E-state index contributed by atoms with van der Waals surface area (Å²) < 4.78 is 0. The first-order chi connectivity index (χ1) is 6.79. The molecule has 80 valence electrons. The number of hydrogen-bond donors (Lipinski definition) is 2. The zero-order valence-corrected chi connectivity index (χ0v) is 8.71. The van der Waals surface area contributed by atoms with Crippen molar-refractivity contribution in [3.8, 4) is 0 Å². The van der Waals surface area contributed by atoms with E-state index in [1.807, 2.05) is 0 Å². The van der Waals surface area contributed by atoms with Gasteiger partial charge in [0.1, 0.15) is 0 Å². The van der Waals surface area contributed by atoms with Crippen molar-refractivity contribution in [3.63, 3.8) is 0 Å². The third-order valence-corrected chi connectivity index (χ3v) is 4.47. The average molecular weight is 196 g/mol. The number of hydrogen-bond acceptors (Lipinski definition) is 2. The Morgan fingerprint density at radius 1 is 0.857 bits per heavy atom. The van der Waals surface area contributed by atoms with Crippen molar-refractivity contribution < 1.29 is 10.2 Å². The monoisotopic (exact) mass is 196 g/mol. The Labute approximate surface area is 85.6 Å². The number of fused-ring (bicyclic) bond motifs is 1. The summed E-state index contributed by atoms with van der Waals surface area (Å²) in [6, 6.07) is 0. The molecule has 0 radical (unpaired) electrons. The standard InChI is InChI=1S/C12H20O2/c13-9-11-5-1-2-6-12(11,10-14)8-4-3-7-11/h1-2,13-14H,3-10H2/t11-,12+. The van der Waals surface area contributed by atoms with E-state index in [1.54, 1.807) is 0 Å². The van der Waals surface area contributed by atoms with Crippen LogP contribution in [0.2, 0.25) is 0 Å². The second kappa shape index (κ2) is 3.67. The van der Waals surface area contributed by atoms with Crippen molar-refractivity contribution in [2.75, 3.05) is 13.2 Å². The fourth-order valence-electron chi connectivity index (χ4n) is 3.33. The van der Waals surface area contributed by atoms with Crippen molar-refractivity contribution in [1.29, 1.82) is 0 Å². The topological polar surface area (TPSA) is 40.5 Å². The lowest BCUT2D eigenvalue weighted by molar-refractivity contribution is -0.0898. The minimum atomic E-state index is -0.0191. The third-order valence-electron chi connectivity index (χ3n) is 4.47. The van der Waals surface area contributed by atoms with E-state index in [-0.39, 0.29) is 24.0 Å². The molecule has 0 aliphatic heterocycles. The summed E-state index contributed by atoms with van der Waals surface area (Å²) in [5, 5.41) is 19.3. The number of allylic oxidation sites excluding steroid dienone is 2. The van der Waals surface area contributed by atoms with E-state index in [9.17, 15) is 10.2 Å². The van der Waals surface area contributed by atoms with Gasteiger partial charge in [0.2, 0.25) is 0 Å². The number of aliphatic hydroxyl groups is 2. The van der Waals surface area contributed by atoms with E-state index in [2.05, 4.69) is 12.2 Å². The Morgan fingerprint density at radius 2 is 1.29 bits per heavy atom. The highest BCUT2D eigenvalue weighted by molar-refractivity contribution is 5.11. The van der Waals surface area contributed by atoms with Crippen molar-refractivity contribution >= 4 is 0 Å². The Bertz CT molecular complexity index is 212. The second-order valence-electron chi connectivity index (χ2n) is 4.96. The van der Waals surface area contributed by atoms with Gasteiger partial charge in [-0.1, -0.05) is 25.0 Å². The van der Waals surface area contributed by atoms with Crippen LogP contribution >= 0.6 is 0 Å². The number of aliphatic hydroxyl groups excluding tert-OH is 2. The smallest absolute Gasteiger partial charge is 0.0496 e. The average Bonchev–Trinajstić information content (AvgIpc) is 2.28. The lowest BCUT2D eigenvalue weighted by Gasteiger charge is -2.53. The van der Waals surface area contributed by atoms with Crippen LogP contribution in [0.4, 0.5) is 0 Å². The Hall–Kier alpha value is -0.340. The van der Waals surface area contributed by atoms with Gasteiger partial charge >= 0.3 is 0 Å². The highest BCUT2D eigenvalue weighted by atomic mass is 16.3. The highest BCUT2D eigenvalue weighted by Crippen LogP contribution is 2.56. The molecule has 0 unspecified atom stereocenters. The van der Waals surface area contributed by atoms with Crippen LogP contribution in [-0.2, 0) is 0 Å². The summed E-state index contributed by atoms with van der Waals surface area (Å²) in [5.74, 6) is 0. The molecule has 2 aliphatic rings. The molecule has 0 heterocycles. The van der Waals surface area contributed by atoms with E-state index in [0.29, 0.717) is 0 Å². The van der Waals surface area contributed by atoms with Crippen molar-refractivity contribution in [2.24, 2.45) is 10.8 Å². The molecule has 0 amide bonds. The fourth-order valence-corrected chi connectivity index (χ4v) is 3.33. The Morgan fingerprint density at radius 3 is 1.64 bits per heavy atom. The van der Waals surface area contributed by atoms with Crippen LogP contribution in [-0.4, -0.2) is 23.4 Å². The van der Waals surface area contributed by atoms with E-state index in [4.69, 9.17) is 0 Å². The predicted molar refractivity (Wildman–Crippen MR) is 55.9 cm³/mol. The van der Waals surface area contributed by atoms with Gasteiger partial charge in [0.05, 0.1) is 0 Å². The molecule has 0 bridgehead atoms. The van der Waals surface area contributed by atoms with E-state index in [0.717, 1.165) is 25.7 Å². The van der Waals surface area contributed by atoms with Crippen molar-refractivity contribution in [2.45, 2.75) is 38.5 Å². The maximum absolute atomic E-state index is 9.63. The Balaban J connectivity index is 2.33. The molecule has 0 spiro atoms. The van der Waals surface area contributed by atoms with Crippen LogP contribution in [0.1, 0.15) is 38.5 Å². The molecule has 2 rings (SSSR count). The molecule has 0 saturated heterocycles. The fraction of sp³-hybridized carbons (Fsp3) is 0.833. The van der Waals surface area contributed by atoms with Gasteiger partial charge in [-0.3, -0.25) is 0 Å². The molecular weight excluding hydrogens is 176 g/mol. The van der Waals surface area contributed by atoms with Crippen molar-refractivity contribution in [3.05, 3.63) is 12.2 Å². The van der Waals surface area contributed by atoms with Crippen LogP contribution in [0.15, 0.2) is 12.2 Å². The van der Waals surface area contributed by atoms with E-state index in [1.165, 1.54) is 12.8 Å². The molecule has 0 aromatic rings. The zero-order valence-electron chi connectivity index (χ0n) is 8.71. The molecule has 1 fully saturated rings. The Kier molecular flexibility index (Phi) is 2.67. The maximum Gasteiger partial charge on any atom is 0.0496 e. The molecule has 0 aromatic heterocycles. The van der Waals surface area contributed by atoms with Gasteiger partial charge in [0, 0.05) is 24.0 Å². The lowest BCUT2D eigenvalue weighted by Crippen LogP contribution is -2.50. The van der Waals surface area contributed by atoms with Gasteiger partial charge in [-0.15, -0.1) is 0 Å². The van der Waals surface area contributed by atoms with Gasteiger partial charge in [-0.2, -0.15) is 0 Å². The first-order valence-corrected chi connectivity index (χ1v) is 5.65. The summed E-state index contributed by atoms with van der Waals surface area (Å²) in [6.45, 7) is 0.468. The quantitative estimate of drug-likeness (QED) is 0.662. The van der Waals surface area contributed by atoms with Crippen LogP contribution in [0.25, 0.3) is 0 Å². The second-order valence-corrected chi connectivity index (χ2v) is 4.96. The molecule has 2 atom stereocenters. The van der Waals surface area contributed by atoms with Gasteiger partial charge in [-0.05, 0) is 25.7 Å². The minimum absolute atomic E-state index is 0.0191. The maximum atomic E-state index is 9.63. The van der Waals surface area contributed by atoms with Crippen LogP contribution in [0.3, 0.4) is 0 Å². The predicted octanol–water partition coefficient (Wildman–Crippen LogP) is 1.87. The van der Waals surface area contributed by atoms with Gasteiger partial charge in [-0.25, -0.2) is 0 Å². The molecule has 2 nitrogen and oxygen atoms in total. The van der Waals surface area contributed by atoms with Crippen LogP contribution in [0.5, 0.6) is 0 Å². The summed E-state index contributed by atoms with van der Waals surface area (Å²) in [5.41, 5.74) is -0.0382. The lowest BCUT2D eigenvalue weighted by atomic mass is 9.52. The van der Waals surface area contributed by atoms with Gasteiger partial charge < -0.3 is 10.2 Å². The highest BCUT2D eigenvalue weighted by Gasteiger charge is 2.51. The summed E-state index contributed by atoms with van der Waals surface area (Å²) >= 11 is 0. The van der Waals surface area contributed by atoms with E-state index < -0.39 is 0 Å². The SMILES string of the molecule is OC[C@@]12CC=CC[C@]1(CO)CCCC2. The van der Waals surface area contributed by atoms with Crippen LogP contribution in [0, 0.1) is 10.8 Å². The van der Waals surface area contributed by atoms with Crippen LogP contribution < -0.4 is 0 Å². The third kappa shape index (κ3) is 1.24. The summed E-state index contributed by atoms with van der Waals surface area (Å²) in [6.07, 6.45) is 10.8. The van der Waals surface area contributed by atoms with Gasteiger partial charge in [0.15, 0.2) is 0 Å². The molecule has 2 heteroatoms. The minimum Gasteiger partial charge on any atom is -0.396 e. The normalized spacial score (nSPS) is 42.1. The van der Waals surface area contributed by atoms with E-state index >= 15 is 0 Å². The molecule has 2 N–H and O–H groups in total. The van der Waals surface area contributed by atoms with Crippen molar-refractivity contribution in [1.82, 2.24) is 0 Å². The summed E-state index contributed by atoms with van der Waals surface area (Å²) in [4.78, 5) is 0. The molecule has 1 saturated carbocycles. The first kappa shape index (κ1) is 10.2. The molecule has 2 aliphatic carbocycles. The van der Waals surface area contributed by atoms with Gasteiger partial charge in [0.25, 0.3) is 0 Å². The summed E-state index contributed by atoms with van der Waals surface area (Å²) in [7, 11) is 0.